The first-order chi connectivity index (χ1) is 13.0. The zero-order chi connectivity index (χ0) is 19.4. The summed E-state index contributed by atoms with van der Waals surface area (Å²) in [6.45, 7) is 6.23. The van der Waals surface area contributed by atoms with Gasteiger partial charge < -0.3 is 0 Å². The van der Waals surface area contributed by atoms with Crippen LogP contribution in [0.1, 0.15) is 43.7 Å². The molecule has 0 aliphatic rings. The lowest BCUT2D eigenvalue weighted by atomic mass is 9.94. The Balaban J connectivity index is 2.05. The fraction of sp³-hybridized carbons (Fsp3) is 0.160. The molecule has 0 amide bonds. The average Bonchev–Trinajstić information content (AvgIpc) is 2.64. The number of carbonyl (C=O) groups is 1. The second-order valence-corrected chi connectivity index (χ2v) is 7.45. The van der Waals surface area contributed by atoms with Crippen molar-refractivity contribution >= 4 is 29.5 Å². The molecule has 0 spiro atoms. The third-order valence-electron chi connectivity index (χ3n) is 4.92. The van der Waals surface area contributed by atoms with E-state index in [1.165, 1.54) is 22.3 Å². The maximum Gasteiger partial charge on any atom is 0.150 e. The molecule has 3 aromatic rings. The Morgan fingerprint density at radius 1 is 0.889 bits per heavy atom. The molecule has 3 rings (SSSR count). The number of rotatable bonds is 5. The van der Waals surface area contributed by atoms with E-state index in [-0.39, 0.29) is 0 Å². The summed E-state index contributed by atoms with van der Waals surface area (Å²) in [5.41, 5.74) is 8.96. The highest BCUT2D eigenvalue weighted by Gasteiger charge is 2.07. The van der Waals surface area contributed by atoms with Gasteiger partial charge in [-0.3, -0.25) is 4.79 Å². The van der Waals surface area contributed by atoms with Crippen LogP contribution in [0, 0.1) is 20.8 Å². The summed E-state index contributed by atoms with van der Waals surface area (Å²) in [6, 6.07) is 20.5. The maximum atomic E-state index is 11.1. The highest BCUT2D eigenvalue weighted by Crippen LogP contribution is 2.26. The lowest BCUT2D eigenvalue weighted by Crippen LogP contribution is -1.94. The number of allylic oxidation sites excluding steroid dienone is 1. The Morgan fingerprint density at radius 2 is 1.70 bits per heavy atom. The summed E-state index contributed by atoms with van der Waals surface area (Å²) in [7, 11) is 0. The first-order valence-corrected chi connectivity index (χ1v) is 9.42. The van der Waals surface area contributed by atoms with Gasteiger partial charge in [-0.1, -0.05) is 66.2 Å². The number of carbonyl (C=O) groups excluding carboxylic acids is 1. The topological polar surface area (TPSA) is 17.1 Å². The Labute approximate surface area is 166 Å². The normalized spacial score (nSPS) is 11.5. The molecule has 0 N–H and O–H groups in total. The zero-order valence-corrected chi connectivity index (χ0v) is 16.7. The van der Waals surface area contributed by atoms with Gasteiger partial charge in [-0.05, 0) is 78.3 Å². The SMILES string of the molecule is Cc1ccc(CC(=Cc2ccc(C=O)c(C)c2)c2cccc(Cl)c2)cc1C. The van der Waals surface area contributed by atoms with E-state index in [0.29, 0.717) is 0 Å². The van der Waals surface area contributed by atoms with Crippen molar-refractivity contribution in [2.45, 2.75) is 27.2 Å². The molecular weight excluding hydrogens is 352 g/mol. The van der Waals surface area contributed by atoms with Crippen molar-refractivity contribution in [1.29, 1.82) is 0 Å². The van der Waals surface area contributed by atoms with Gasteiger partial charge in [-0.15, -0.1) is 0 Å². The number of hydrogen-bond acceptors (Lipinski definition) is 1. The fourth-order valence-corrected chi connectivity index (χ4v) is 3.37. The van der Waals surface area contributed by atoms with E-state index in [1.54, 1.807) is 0 Å². The molecule has 0 saturated carbocycles. The van der Waals surface area contributed by atoms with E-state index in [9.17, 15) is 4.79 Å². The van der Waals surface area contributed by atoms with E-state index < -0.39 is 0 Å². The second kappa shape index (κ2) is 8.37. The van der Waals surface area contributed by atoms with Gasteiger partial charge in [0.05, 0.1) is 0 Å². The largest absolute Gasteiger partial charge is 0.298 e. The van der Waals surface area contributed by atoms with Crippen molar-refractivity contribution in [2.75, 3.05) is 0 Å². The lowest BCUT2D eigenvalue weighted by molar-refractivity contribution is 0.112. The van der Waals surface area contributed by atoms with E-state index in [2.05, 4.69) is 50.3 Å². The summed E-state index contributed by atoms with van der Waals surface area (Å²) < 4.78 is 0. The van der Waals surface area contributed by atoms with Crippen molar-refractivity contribution < 1.29 is 4.79 Å². The van der Waals surface area contributed by atoms with Crippen molar-refractivity contribution in [1.82, 2.24) is 0 Å². The monoisotopic (exact) mass is 374 g/mol. The highest BCUT2D eigenvalue weighted by atomic mass is 35.5. The van der Waals surface area contributed by atoms with Crippen LogP contribution in [-0.2, 0) is 6.42 Å². The van der Waals surface area contributed by atoms with Gasteiger partial charge >= 0.3 is 0 Å². The van der Waals surface area contributed by atoms with Crippen LogP contribution in [0.15, 0.2) is 60.7 Å². The molecule has 1 nitrogen and oxygen atoms in total. The molecule has 136 valence electrons. The molecular formula is C25H23ClO. The van der Waals surface area contributed by atoms with Crippen molar-refractivity contribution in [3.8, 4) is 0 Å². The summed E-state index contributed by atoms with van der Waals surface area (Å²) in [4.78, 5) is 11.1. The summed E-state index contributed by atoms with van der Waals surface area (Å²) >= 11 is 6.24. The quantitative estimate of drug-likeness (QED) is 0.352. The number of benzene rings is 3. The zero-order valence-electron chi connectivity index (χ0n) is 15.9. The minimum Gasteiger partial charge on any atom is -0.298 e. The van der Waals surface area contributed by atoms with E-state index in [1.807, 2.05) is 37.3 Å². The third kappa shape index (κ3) is 4.75. The summed E-state index contributed by atoms with van der Waals surface area (Å²) in [5.74, 6) is 0. The molecule has 0 aliphatic carbocycles. The molecule has 0 unspecified atom stereocenters. The van der Waals surface area contributed by atoms with Gasteiger partial charge in [0.25, 0.3) is 0 Å². The molecule has 27 heavy (non-hydrogen) atoms. The molecule has 0 atom stereocenters. The summed E-state index contributed by atoms with van der Waals surface area (Å²) in [6.07, 6.45) is 3.90. The number of aryl methyl sites for hydroxylation is 3. The van der Waals surface area contributed by atoms with Crippen molar-refractivity contribution in [3.63, 3.8) is 0 Å². The van der Waals surface area contributed by atoms with Crippen LogP contribution in [0.5, 0.6) is 0 Å². The minimum atomic E-state index is 0.727. The maximum absolute atomic E-state index is 11.1. The fourth-order valence-electron chi connectivity index (χ4n) is 3.18. The van der Waals surface area contributed by atoms with Gasteiger partial charge in [-0.25, -0.2) is 0 Å². The molecule has 0 saturated heterocycles. The van der Waals surface area contributed by atoms with Crippen LogP contribution in [0.3, 0.4) is 0 Å². The number of aldehydes is 1. The molecule has 3 aromatic carbocycles. The second-order valence-electron chi connectivity index (χ2n) is 7.01. The molecule has 2 heteroatoms. The van der Waals surface area contributed by atoms with Crippen LogP contribution in [0.25, 0.3) is 11.6 Å². The van der Waals surface area contributed by atoms with Crippen molar-refractivity contribution in [3.05, 3.63) is 105 Å². The number of hydrogen-bond donors (Lipinski definition) is 0. The van der Waals surface area contributed by atoms with Crippen LogP contribution in [-0.4, -0.2) is 6.29 Å². The molecule has 0 heterocycles. The van der Waals surface area contributed by atoms with Gasteiger partial charge in [0.15, 0.2) is 0 Å². The average molecular weight is 375 g/mol. The smallest absolute Gasteiger partial charge is 0.150 e. The standard InChI is InChI=1S/C25H23ClO/c1-17-7-8-20(11-18(17)2)13-24(22-5-4-6-25(26)15-22)14-21-9-10-23(16-27)19(3)12-21/h4-12,14-16H,13H2,1-3H3. The van der Waals surface area contributed by atoms with E-state index in [0.717, 1.165) is 40.0 Å². The van der Waals surface area contributed by atoms with Crippen LogP contribution in [0.2, 0.25) is 5.02 Å². The molecule has 0 aromatic heterocycles. The van der Waals surface area contributed by atoms with Crippen LogP contribution < -0.4 is 0 Å². The third-order valence-corrected chi connectivity index (χ3v) is 5.16. The molecule has 0 aliphatic heterocycles. The van der Waals surface area contributed by atoms with Gasteiger partial charge in [-0.2, -0.15) is 0 Å². The van der Waals surface area contributed by atoms with Crippen LogP contribution in [0.4, 0.5) is 0 Å². The predicted octanol–water partition coefficient (Wildman–Crippen LogP) is 6.86. The molecule has 0 fully saturated rings. The Hall–Kier alpha value is -2.64. The molecule has 0 bridgehead atoms. The van der Waals surface area contributed by atoms with Gasteiger partial charge in [0.2, 0.25) is 0 Å². The molecule has 0 radical (unpaired) electrons. The highest BCUT2D eigenvalue weighted by molar-refractivity contribution is 6.30. The Bertz CT molecular complexity index is 1010. The predicted molar refractivity (Wildman–Crippen MR) is 116 cm³/mol. The Morgan fingerprint density at radius 3 is 2.37 bits per heavy atom. The minimum absolute atomic E-state index is 0.727. The van der Waals surface area contributed by atoms with Gasteiger partial charge in [0.1, 0.15) is 6.29 Å². The van der Waals surface area contributed by atoms with E-state index >= 15 is 0 Å². The van der Waals surface area contributed by atoms with E-state index in [4.69, 9.17) is 11.6 Å². The number of halogens is 1. The lowest BCUT2D eigenvalue weighted by Gasteiger charge is -2.12. The first kappa shape index (κ1) is 19.1. The van der Waals surface area contributed by atoms with Crippen molar-refractivity contribution in [2.24, 2.45) is 0 Å². The summed E-state index contributed by atoms with van der Waals surface area (Å²) in [5, 5.41) is 0.728. The Kier molecular flexibility index (Phi) is 5.93. The first-order valence-electron chi connectivity index (χ1n) is 9.05. The van der Waals surface area contributed by atoms with Crippen LogP contribution >= 0.6 is 11.6 Å². The van der Waals surface area contributed by atoms with Gasteiger partial charge in [0, 0.05) is 10.6 Å².